The normalized spacial score (nSPS) is 10.0. The van der Waals surface area contributed by atoms with Gasteiger partial charge in [-0.3, -0.25) is 0 Å². The number of nitrogens with two attached hydrogens (primary N) is 2. The second-order valence-electron chi connectivity index (χ2n) is 1.01. The first-order valence-corrected chi connectivity index (χ1v) is 45.8. The van der Waals surface area contributed by atoms with Crippen LogP contribution < -0.4 is 11.5 Å². The van der Waals surface area contributed by atoms with Gasteiger partial charge in [0.05, 0.1) is 0 Å². The Kier molecular flexibility index (Phi) is 16.7. The van der Waals surface area contributed by atoms with Crippen LogP contribution in [0, 0.1) is 0 Å². The molecule has 0 aliphatic rings. The van der Waals surface area contributed by atoms with E-state index < -0.39 is 4.00 Å². The fraction of sp³-hybridized carbons (Fsp3) is 1.00. The molecule has 0 fully saturated rings. The maximum atomic E-state index is 4.90. The molecular weight excluding hydrogens is 767 g/mol. The van der Waals surface area contributed by atoms with Crippen molar-refractivity contribution in [3.8, 4) is 0 Å². The van der Waals surface area contributed by atoms with E-state index in [0.29, 0.717) is 13.1 Å². The zero-order valence-corrected chi connectivity index (χ0v) is 17.1. The van der Waals surface area contributed by atoms with Gasteiger partial charge in [0.2, 0.25) is 0 Å². The van der Waals surface area contributed by atoms with E-state index in [-0.39, 0.29) is 0 Å². The second-order valence-corrected chi connectivity index (χ2v) is 170. The molecule has 0 amide bonds. The number of rotatable bonds is 1. The van der Waals surface area contributed by atoms with Crippen molar-refractivity contribution in [2.45, 2.75) is 0 Å². The number of hydrogen-bond acceptors (Lipinski definition) is 2. The van der Waals surface area contributed by atoms with Crippen molar-refractivity contribution in [2.24, 2.45) is 11.5 Å². The summed E-state index contributed by atoms with van der Waals surface area (Å²) in [7, 11) is 0. The third-order valence-electron chi connectivity index (χ3n) is 0.167. The third kappa shape index (κ3) is 49.4. The van der Waals surface area contributed by atoms with Crippen LogP contribution >= 0.6 is 71.0 Å². The first kappa shape index (κ1) is 15.2. The van der Waals surface area contributed by atoms with Crippen LogP contribution in [0.5, 0.6) is 0 Å². The first-order chi connectivity index (χ1) is 3.91. The van der Waals surface area contributed by atoms with Crippen LogP contribution in [0.4, 0.5) is 0 Å². The van der Waals surface area contributed by atoms with Crippen molar-refractivity contribution in [1.29, 1.82) is 0 Å². The Balaban J connectivity index is 0. The molecule has 0 aliphatic heterocycles. The van der Waals surface area contributed by atoms with Crippen molar-refractivity contribution in [3.63, 3.8) is 0 Å². The van der Waals surface area contributed by atoms with Gasteiger partial charge in [0.15, 0.2) is 0 Å². The Hall–Kier alpha value is 3.76. The van der Waals surface area contributed by atoms with Gasteiger partial charge in [-0.1, -0.05) is 0 Å². The standard InChI is InChI=1S/C2H8N2.4HI.Pb/c3-1-2-4;;;;;/h1-4H2;4*1H;/q;;;;;+4/p-4. The van der Waals surface area contributed by atoms with E-state index in [1.54, 1.807) is 0 Å². The van der Waals surface area contributed by atoms with Crippen LogP contribution in [-0.2, 0) is 0 Å². The van der Waals surface area contributed by atoms with Crippen LogP contribution in [0.15, 0.2) is 0 Å². The van der Waals surface area contributed by atoms with Crippen molar-refractivity contribution in [1.82, 2.24) is 0 Å². The van der Waals surface area contributed by atoms with E-state index in [9.17, 15) is 0 Å². The summed E-state index contributed by atoms with van der Waals surface area (Å²) < 4.78 is -1.40. The summed E-state index contributed by atoms with van der Waals surface area (Å²) in [5, 5.41) is 0. The van der Waals surface area contributed by atoms with Crippen molar-refractivity contribution < 1.29 is 0 Å². The minimum absolute atomic E-state index is 0.597. The molecule has 0 bridgehead atoms. The fourth-order valence-corrected chi connectivity index (χ4v) is 0. The van der Waals surface area contributed by atoms with Gasteiger partial charge in [-0.25, -0.2) is 0 Å². The van der Waals surface area contributed by atoms with Gasteiger partial charge in [-0.2, -0.15) is 0 Å². The molecule has 0 atom stereocenters. The van der Waals surface area contributed by atoms with Crippen LogP contribution in [0.25, 0.3) is 0 Å². The Morgan fingerprint density at radius 3 is 1.00 bits per heavy atom. The molecule has 0 aromatic carbocycles. The molecule has 2 nitrogen and oxygen atoms in total. The van der Waals surface area contributed by atoms with Crippen molar-refractivity contribution in [2.75, 3.05) is 13.1 Å². The zero-order chi connectivity index (χ0) is 7.91. The van der Waals surface area contributed by atoms with Gasteiger partial charge in [0.1, 0.15) is 0 Å². The molecular formula is C2H8I4N2Pb. The molecule has 4 N–H and O–H groups in total. The van der Waals surface area contributed by atoms with Gasteiger partial charge >= 0.3 is 75.0 Å². The van der Waals surface area contributed by atoms with Gasteiger partial charge < -0.3 is 11.5 Å². The molecule has 0 rings (SSSR count). The monoisotopic (exact) mass is 776 g/mol. The van der Waals surface area contributed by atoms with Crippen molar-refractivity contribution >= 4 is 75.0 Å². The molecule has 0 unspecified atom stereocenters. The summed E-state index contributed by atoms with van der Waals surface area (Å²) >= 11 is 10.2. The Morgan fingerprint density at radius 1 is 0.889 bits per heavy atom. The van der Waals surface area contributed by atoms with E-state index in [2.05, 4.69) is 71.0 Å². The SMILES string of the molecule is NCCN.[I][Pb]([I])([I])[I]. The molecule has 0 aliphatic carbocycles. The van der Waals surface area contributed by atoms with E-state index in [1.807, 2.05) is 0 Å². The molecule has 9 heavy (non-hydrogen) atoms. The van der Waals surface area contributed by atoms with Crippen LogP contribution in [0.3, 0.4) is 0 Å². The summed E-state index contributed by atoms with van der Waals surface area (Å²) in [6, 6.07) is 0. The molecule has 0 aromatic heterocycles. The molecule has 0 saturated carbocycles. The summed E-state index contributed by atoms with van der Waals surface area (Å²) in [5.41, 5.74) is 9.81. The molecule has 0 spiro atoms. The topological polar surface area (TPSA) is 52.0 Å². The Bertz CT molecular complexity index is 47.0. The Labute approximate surface area is 96.5 Å². The van der Waals surface area contributed by atoms with Gasteiger partial charge in [-0.05, 0) is 0 Å². The molecule has 7 heteroatoms. The van der Waals surface area contributed by atoms with Crippen LogP contribution in [-0.4, -0.2) is 17.1 Å². The fourth-order valence-electron chi connectivity index (χ4n) is 0. The van der Waals surface area contributed by atoms with Gasteiger partial charge in [-0.15, -0.1) is 0 Å². The summed E-state index contributed by atoms with van der Waals surface area (Å²) in [4.78, 5) is 0. The predicted octanol–water partition coefficient (Wildman–Crippen LogP) is 2.07. The van der Waals surface area contributed by atoms with E-state index >= 15 is 0 Å². The van der Waals surface area contributed by atoms with E-state index in [0.717, 1.165) is 0 Å². The van der Waals surface area contributed by atoms with E-state index in [4.69, 9.17) is 11.5 Å². The molecule has 0 aromatic rings. The molecule has 58 valence electrons. The first-order valence-electron chi connectivity index (χ1n) is 2.07. The van der Waals surface area contributed by atoms with Crippen LogP contribution in [0.2, 0.25) is 0 Å². The summed E-state index contributed by atoms with van der Waals surface area (Å²) in [6.07, 6.45) is 0. The average Bonchev–Trinajstić information content (AvgIpc) is 1.61. The second kappa shape index (κ2) is 9.85. The van der Waals surface area contributed by atoms with Gasteiger partial charge in [0, 0.05) is 13.1 Å². The van der Waals surface area contributed by atoms with Crippen molar-refractivity contribution in [3.05, 3.63) is 0 Å². The quantitative estimate of drug-likeness (QED) is 0.317. The predicted molar refractivity (Wildman–Crippen MR) is 79.9 cm³/mol. The Morgan fingerprint density at radius 2 is 1.00 bits per heavy atom. The third-order valence-corrected chi connectivity index (χ3v) is 0.167. The number of halogens is 4. The summed E-state index contributed by atoms with van der Waals surface area (Å²) in [5.74, 6) is 0. The zero-order valence-electron chi connectivity index (χ0n) is 4.58. The minimum atomic E-state index is -1.40. The molecule has 0 saturated heterocycles. The molecule has 0 heterocycles. The molecule has 0 radical (unpaired) electrons. The maximum absolute atomic E-state index is 4.90. The van der Waals surface area contributed by atoms with Crippen LogP contribution in [0.1, 0.15) is 0 Å². The summed E-state index contributed by atoms with van der Waals surface area (Å²) in [6.45, 7) is 1.19. The van der Waals surface area contributed by atoms with E-state index in [1.165, 1.54) is 0 Å². The van der Waals surface area contributed by atoms with Gasteiger partial charge in [0.25, 0.3) is 0 Å². The average molecular weight is 775 g/mol. The number of hydrogen-bond donors (Lipinski definition) is 2.